The molecule has 0 fully saturated rings. The standard InChI is InChI=1S/C17H20N2OS/c20-15-9-3-8-14-16(15)21-17(18-14)19-10-4-7-12-5-1-2-6-13(12)11-19/h1-2,5-6,15,20H,3-4,7-11H2. The van der Waals surface area contributed by atoms with E-state index in [1.807, 2.05) is 0 Å². The van der Waals surface area contributed by atoms with E-state index in [0.29, 0.717) is 0 Å². The van der Waals surface area contributed by atoms with Crippen molar-refractivity contribution >= 4 is 16.5 Å². The first-order valence-corrected chi connectivity index (χ1v) is 8.62. The Labute approximate surface area is 129 Å². The summed E-state index contributed by atoms with van der Waals surface area (Å²) in [4.78, 5) is 8.32. The molecule has 1 aromatic carbocycles. The van der Waals surface area contributed by atoms with Crippen LogP contribution >= 0.6 is 11.3 Å². The van der Waals surface area contributed by atoms with E-state index in [-0.39, 0.29) is 6.10 Å². The number of fused-ring (bicyclic) bond motifs is 2. The zero-order chi connectivity index (χ0) is 14.2. The molecule has 0 bridgehead atoms. The number of aromatic nitrogens is 1. The number of nitrogens with zero attached hydrogens (tertiary/aromatic N) is 2. The number of thiazole rings is 1. The lowest BCUT2D eigenvalue weighted by Gasteiger charge is -2.19. The van der Waals surface area contributed by atoms with E-state index in [4.69, 9.17) is 4.98 Å². The molecule has 1 unspecified atom stereocenters. The van der Waals surface area contributed by atoms with Crippen LogP contribution < -0.4 is 4.90 Å². The normalized spacial score (nSPS) is 21.6. The van der Waals surface area contributed by atoms with Crippen LogP contribution in [0.4, 0.5) is 5.13 Å². The van der Waals surface area contributed by atoms with Gasteiger partial charge in [0.1, 0.15) is 0 Å². The Morgan fingerprint density at radius 3 is 2.86 bits per heavy atom. The highest BCUT2D eigenvalue weighted by molar-refractivity contribution is 7.15. The molecule has 0 saturated carbocycles. The van der Waals surface area contributed by atoms with E-state index in [0.717, 1.165) is 54.5 Å². The summed E-state index contributed by atoms with van der Waals surface area (Å²) in [6, 6.07) is 8.73. The number of aryl methyl sites for hydroxylation is 2. The van der Waals surface area contributed by atoms with Crippen molar-refractivity contribution in [2.75, 3.05) is 11.4 Å². The van der Waals surface area contributed by atoms with Gasteiger partial charge in [0.2, 0.25) is 0 Å². The third-order valence-corrected chi connectivity index (χ3v) is 5.79. The van der Waals surface area contributed by atoms with Gasteiger partial charge in [-0.2, -0.15) is 0 Å². The van der Waals surface area contributed by atoms with Gasteiger partial charge in [0, 0.05) is 13.1 Å². The first kappa shape index (κ1) is 13.3. The lowest BCUT2D eigenvalue weighted by molar-refractivity contribution is 0.160. The highest BCUT2D eigenvalue weighted by atomic mass is 32.1. The highest BCUT2D eigenvalue weighted by Gasteiger charge is 2.25. The minimum atomic E-state index is -0.292. The zero-order valence-electron chi connectivity index (χ0n) is 12.1. The van der Waals surface area contributed by atoms with E-state index in [9.17, 15) is 5.11 Å². The molecule has 0 spiro atoms. The first-order valence-electron chi connectivity index (χ1n) is 7.80. The summed E-state index contributed by atoms with van der Waals surface area (Å²) in [7, 11) is 0. The minimum Gasteiger partial charge on any atom is -0.388 e. The largest absolute Gasteiger partial charge is 0.388 e. The van der Waals surface area contributed by atoms with Crippen molar-refractivity contribution in [2.45, 2.75) is 44.8 Å². The summed E-state index contributed by atoms with van der Waals surface area (Å²) in [6.45, 7) is 2.00. The molecule has 1 N–H and O–H groups in total. The van der Waals surface area contributed by atoms with Crippen LogP contribution in [0.3, 0.4) is 0 Å². The summed E-state index contributed by atoms with van der Waals surface area (Å²) in [5.41, 5.74) is 4.02. The number of aliphatic hydroxyl groups is 1. The first-order chi connectivity index (χ1) is 10.3. The van der Waals surface area contributed by atoms with Gasteiger partial charge in [0.15, 0.2) is 5.13 Å². The van der Waals surface area contributed by atoms with Crippen LogP contribution in [0.25, 0.3) is 0 Å². The Morgan fingerprint density at radius 1 is 1.14 bits per heavy atom. The van der Waals surface area contributed by atoms with Crippen LogP contribution in [0.5, 0.6) is 0 Å². The second-order valence-corrected chi connectivity index (χ2v) is 7.02. The highest BCUT2D eigenvalue weighted by Crippen LogP contribution is 2.38. The monoisotopic (exact) mass is 300 g/mol. The van der Waals surface area contributed by atoms with Crippen molar-refractivity contribution in [2.24, 2.45) is 0 Å². The summed E-state index contributed by atoms with van der Waals surface area (Å²) in [5.74, 6) is 0. The van der Waals surface area contributed by atoms with Crippen molar-refractivity contribution in [3.8, 4) is 0 Å². The summed E-state index contributed by atoms with van der Waals surface area (Å²) in [6.07, 6.45) is 4.99. The molecule has 110 valence electrons. The molecule has 21 heavy (non-hydrogen) atoms. The second kappa shape index (κ2) is 5.43. The van der Waals surface area contributed by atoms with Crippen LogP contribution in [0.15, 0.2) is 24.3 Å². The van der Waals surface area contributed by atoms with Gasteiger partial charge >= 0.3 is 0 Å². The molecular formula is C17H20N2OS. The third-order valence-electron chi connectivity index (χ3n) is 4.53. The van der Waals surface area contributed by atoms with E-state index >= 15 is 0 Å². The molecule has 1 aliphatic carbocycles. The predicted molar refractivity (Wildman–Crippen MR) is 85.8 cm³/mol. The Morgan fingerprint density at radius 2 is 2.00 bits per heavy atom. The van der Waals surface area contributed by atoms with Gasteiger partial charge < -0.3 is 10.0 Å². The van der Waals surface area contributed by atoms with Gasteiger partial charge in [0.05, 0.1) is 16.7 Å². The lowest BCUT2D eigenvalue weighted by Crippen LogP contribution is -2.22. The van der Waals surface area contributed by atoms with Gasteiger partial charge in [-0.05, 0) is 43.2 Å². The molecule has 4 rings (SSSR count). The van der Waals surface area contributed by atoms with Crippen molar-refractivity contribution in [3.63, 3.8) is 0 Å². The molecule has 3 nitrogen and oxygen atoms in total. The third kappa shape index (κ3) is 2.47. The van der Waals surface area contributed by atoms with Crippen LogP contribution in [0.2, 0.25) is 0 Å². The molecule has 2 aromatic rings. The quantitative estimate of drug-likeness (QED) is 0.876. The number of anilines is 1. The maximum Gasteiger partial charge on any atom is 0.186 e. The molecular weight excluding hydrogens is 280 g/mol. The lowest BCUT2D eigenvalue weighted by atomic mass is 10.0. The molecule has 1 atom stereocenters. The van der Waals surface area contributed by atoms with Crippen LogP contribution in [0.1, 0.15) is 47.1 Å². The van der Waals surface area contributed by atoms with Crippen molar-refractivity contribution in [1.29, 1.82) is 0 Å². The molecule has 0 amide bonds. The Kier molecular flexibility index (Phi) is 3.43. The van der Waals surface area contributed by atoms with E-state index in [1.54, 1.807) is 11.3 Å². The SMILES string of the molecule is OC1CCCc2nc(N3CCCc4ccccc4C3)sc21. The average molecular weight is 300 g/mol. The molecule has 0 saturated heterocycles. The van der Waals surface area contributed by atoms with Crippen LogP contribution in [-0.4, -0.2) is 16.6 Å². The minimum absolute atomic E-state index is 0.292. The topological polar surface area (TPSA) is 36.4 Å². The van der Waals surface area contributed by atoms with Crippen LogP contribution in [0, 0.1) is 0 Å². The number of rotatable bonds is 1. The molecule has 1 aliphatic heterocycles. The summed E-state index contributed by atoms with van der Waals surface area (Å²) >= 11 is 1.70. The fourth-order valence-corrected chi connectivity index (χ4v) is 4.54. The van der Waals surface area contributed by atoms with E-state index < -0.39 is 0 Å². The summed E-state index contributed by atoms with van der Waals surface area (Å²) in [5, 5.41) is 11.2. The number of benzene rings is 1. The number of aliphatic hydroxyl groups excluding tert-OH is 1. The average Bonchev–Trinajstić information content (AvgIpc) is 2.82. The Bertz CT molecular complexity index is 652. The molecule has 2 aliphatic rings. The molecule has 2 heterocycles. The van der Waals surface area contributed by atoms with Gasteiger partial charge in [0.25, 0.3) is 0 Å². The fourth-order valence-electron chi connectivity index (χ4n) is 3.38. The van der Waals surface area contributed by atoms with Gasteiger partial charge in [-0.1, -0.05) is 35.6 Å². The fraction of sp³-hybridized carbons (Fsp3) is 0.471. The van der Waals surface area contributed by atoms with Gasteiger partial charge in [-0.25, -0.2) is 4.98 Å². The van der Waals surface area contributed by atoms with Crippen molar-refractivity contribution < 1.29 is 5.11 Å². The molecule has 1 aromatic heterocycles. The Balaban J connectivity index is 1.65. The number of hydrogen-bond donors (Lipinski definition) is 1. The van der Waals surface area contributed by atoms with E-state index in [2.05, 4.69) is 29.2 Å². The van der Waals surface area contributed by atoms with E-state index in [1.165, 1.54) is 17.5 Å². The second-order valence-electron chi connectivity index (χ2n) is 6.01. The van der Waals surface area contributed by atoms with Crippen LogP contribution in [-0.2, 0) is 19.4 Å². The smallest absolute Gasteiger partial charge is 0.186 e. The molecule has 4 heteroatoms. The molecule has 0 radical (unpaired) electrons. The van der Waals surface area contributed by atoms with Gasteiger partial charge in [-0.15, -0.1) is 0 Å². The van der Waals surface area contributed by atoms with Crippen molar-refractivity contribution in [3.05, 3.63) is 46.0 Å². The van der Waals surface area contributed by atoms with Gasteiger partial charge in [-0.3, -0.25) is 0 Å². The predicted octanol–water partition coefficient (Wildman–Crippen LogP) is 3.47. The van der Waals surface area contributed by atoms with Crippen molar-refractivity contribution in [1.82, 2.24) is 4.98 Å². The maximum absolute atomic E-state index is 10.1. The summed E-state index contributed by atoms with van der Waals surface area (Å²) < 4.78 is 0. The zero-order valence-corrected chi connectivity index (χ0v) is 12.9. The number of hydrogen-bond acceptors (Lipinski definition) is 4. The maximum atomic E-state index is 10.1. The Hall–Kier alpha value is -1.39.